The van der Waals surface area contributed by atoms with Crippen LogP contribution in [0, 0.1) is 0 Å². The molecule has 3 N–H and O–H groups in total. The summed E-state index contributed by atoms with van der Waals surface area (Å²) in [5.74, 6) is 0. The summed E-state index contributed by atoms with van der Waals surface area (Å²) in [6.07, 6.45) is 0. The van der Waals surface area contributed by atoms with E-state index >= 15 is 0 Å². The predicted octanol–water partition coefficient (Wildman–Crippen LogP) is 3.65. The lowest BCUT2D eigenvalue weighted by Crippen LogP contribution is -2.36. The van der Waals surface area contributed by atoms with E-state index in [9.17, 15) is 8.42 Å². The van der Waals surface area contributed by atoms with E-state index in [0.717, 1.165) is 11.1 Å². The Balaban J connectivity index is 0.00000243. The Kier molecular flexibility index (Phi) is 5.28. The Labute approximate surface area is 149 Å². The van der Waals surface area contributed by atoms with Crippen LogP contribution in [0.15, 0.2) is 95.9 Å². The minimum atomic E-state index is -3.69. The topological polar surface area (TPSA) is 72.2 Å². The molecule has 0 fully saturated rings. The van der Waals surface area contributed by atoms with Gasteiger partial charge in [0.2, 0.25) is 10.0 Å². The molecule has 25 heavy (non-hydrogen) atoms. The molecule has 0 saturated carbocycles. The van der Waals surface area contributed by atoms with E-state index < -0.39 is 22.1 Å². The Bertz CT molecular complexity index is 904. The normalized spacial score (nSPS) is 14.0. The van der Waals surface area contributed by atoms with Gasteiger partial charge in [-0.05, 0) is 23.3 Å². The summed E-state index contributed by atoms with van der Waals surface area (Å²) in [7, 11) is -3.69. The van der Waals surface area contributed by atoms with E-state index in [0.29, 0.717) is 0 Å². The van der Waals surface area contributed by atoms with Crippen LogP contribution in [0.5, 0.6) is 0 Å². The van der Waals surface area contributed by atoms with Gasteiger partial charge in [0.25, 0.3) is 0 Å². The van der Waals surface area contributed by atoms with Crippen molar-refractivity contribution in [3.05, 3.63) is 102 Å². The van der Waals surface area contributed by atoms with Gasteiger partial charge in [-0.15, -0.1) is 0 Å². The predicted molar refractivity (Wildman–Crippen MR) is 101 cm³/mol. The summed E-state index contributed by atoms with van der Waals surface area (Å²) in [5, 5.41) is 0. The number of nitrogens with one attached hydrogen (secondary N) is 1. The molecule has 3 rings (SSSR count). The molecular weight excluding hydrogens is 332 g/mol. The van der Waals surface area contributed by atoms with Crippen LogP contribution in [-0.2, 0) is 10.0 Å². The van der Waals surface area contributed by atoms with E-state index in [1.807, 2.05) is 60.7 Å². The SMILES string of the molecule is N[C@@H](c1ccccc1)[C@@H](NS(=O)(=O)c1ccccc1)c1ccccc1.[HH]. The smallest absolute Gasteiger partial charge is 0.241 e. The summed E-state index contributed by atoms with van der Waals surface area (Å²) in [6, 6.07) is 26.1. The quantitative estimate of drug-likeness (QED) is 0.710. The Morgan fingerprint density at radius 3 is 1.68 bits per heavy atom. The number of nitrogens with two attached hydrogens (primary N) is 1. The maximum Gasteiger partial charge on any atom is 0.241 e. The van der Waals surface area contributed by atoms with E-state index in [-0.39, 0.29) is 6.32 Å². The fourth-order valence-corrected chi connectivity index (χ4v) is 3.98. The van der Waals surface area contributed by atoms with E-state index in [1.165, 1.54) is 0 Å². The molecule has 3 aromatic rings. The molecule has 0 unspecified atom stereocenters. The zero-order chi connectivity index (χ0) is 17.7. The molecule has 2 atom stereocenters. The van der Waals surface area contributed by atoms with E-state index in [4.69, 9.17) is 5.73 Å². The first-order valence-electron chi connectivity index (χ1n) is 8.01. The average molecular weight is 354 g/mol. The molecule has 0 amide bonds. The highest BCUT2D eigenvalue weighted by Crippen LogP contribution is 2.28. The van der Waals surface area contributed by atoms with Gasteiger partial charge in [-0.25, -0.2) is 13.1 Å². The van der Waals surface area contributed by atoms with Gasteiger partial charge < -0.3 is 5.73 Å². The summed E-state index contributed by atoms with van der Waals surface area (Å²) < 4.78 is 28.3. The van der Waals surface area contributed by atoms with Crippen LogP contribution in [-0.4, -0.2) is 8.42 Å². The van der Waals surface area contributed by atoms with Crippen molar-refractivity contribution in [2.24, 2.45) is 5.73 Å². The first-order chi connectivity index (χ1) is 12.1. The van der Waals surface area contributed by atoms with E-state index in [1.54, 1.807) is 30.3 Å². The highest BCUT2D eigenvalue weighted by molar-refractivity contribution is 7.89. The van der Waals surface area contributed by atoms with Crippen molar-refractivity contribution in [2.45, 2.75) is 17.0 Å². The molecule has 0 aliphatic heterocycles. The molecule has 0 radical (unpaired) electrons. The average Bonchev–Trinajstić information content (AvgIpc) is 2.68. The standard InChI is InChI=1S/C20H20N2O2S.H2/c21-19(16-10-4-1-5-11-16)20(17-12-6-2-7-13-17)22-25(23,24)18-14-8-3-9-15-18;/h1-15,19-20,22H,21H2;1H/t19-,20-;/m0./s1. The second kappa shape index (κ2) is 7.61. The fraction of sp³-hybridized carbons (Fsp3) is 0.100. The van der Waals surface area contributed by atoms with Crippen molar-refractivity contribution >= 4 is 10.0 Å². The Hall–Kier alpha value is -2.47. The molecule has 0 aliphatic rings. The van der Waals surface area contributed by atoms with Gasteiger partial charge >= 0.3 is 0 Å². The number of sulfonamides is 1. The summed E-state index contributed by atoms with van der Waals surface area (Å²) in [4.78, 5) is 0.219. The van der Waals surface area contributed by atoms with Crippen LogP contribution >= 0.6 is 0 Å². The van der Waals surface area contributed by atoms with Crippen molar-refractivity contribution in [1.82, 2.24) is 4.72 Å². The molecule has 0 bridgehead atoms. The number of hydrogen-bond acceptors (Lipinski definition) is 3. The molecule has 5 heteroatoms. The van der Waals surface area contributed by atoms with Crippen molar-refractivity contribution in [3.63, 3.8) is 0 Å². The van der Waals surface area contributed by atoms with E-state index in [2.05, 4.69) is 4.72 Å². The maximum atomic E-state index is 12.8. The van der Waals surface area contributed by atoms with Crippen molar-refractivity contribution in [3.8, 4) is 0 Å². The highest BCUT2D eigenvalue weighted by atomic mass is 32.2. The third-order valence-corrected chi connectivity index (χ3v) is 5.49. The minimum Gasteiger partial charge on any atom is -0.322 e. The third-order valence-electron chi connectivity index (χ3n) is 4.04. The zero-order valence-corrected chi connectivity index (χ0v) is 14.4. The van der Waals surface area contributed by atoms with Crippen LogP contribution in [0.1, 0.15) is 24.6 Å². The largest absolute Gasteiger partial charge is 0.322 e. The second-order valence-corrected chi connectivity index (χ2v) is 7.47. The van der Waals surface area contributed by atoms with Crippen LogP contribution in [0.4, 0.5) is 0 Å². The van der Waals surface area contributed by atoms with Crippen LogP contribution in [0.3, 0.4) is 0 Å². The van der Waals surface area contributed by atoms with Crippen LogP contribution < -0.4 is 10.5 Å². The van der Waals surface area contributed by atoms with Gasteiger partial charge in [-0.3, -0.25) is 0 Å². The number of rotatable bonds is 6. The van der Waals surface area contributed by atoms with Crippen molar-refractivity contribution < 1.29 is 9.84 Å². The summed E-state index contributed by atoms with van der Waals surface area (Å²) in [5.41, 5.74) is 8.12. The molecule has 4 nitrogen and oxygen atoms in total. The maximum absolute atomic E-state index is 12.8. The lowest BCUT2D eigenvalue weighted by molar-refractivity contribution is 0.504. The summed E-state index contributed by atoms with van der Waals surface area (Å²) in [6.45, 7) is 0. The van der Waals surface area contributed by atoms with Crippen LogP contribution in [0.25, 0.3) is 0 Å². The fourth-order valence-electron chi connectivity index (χ4n) is 2.71. The highest BCUT2D eigenvalue weighted by Gasteiger charge is 2.27. The molecule has 130 valence electrons. The zero-order valence-electron chi connectivity index (χ0n) is 13.6. The van der Waals surface area contributed by atoms with Gasteiger partial charge in [0.1, 0.15) is 0 Å². The summed E-state index contributed by atoms with van der Waals surface area (Å²) >= 11 is 0. The molecule has 3 aromatic carbocycles. The Morgan fingerprint density at radius 2 is 1.16 bits per heavy atom. The first kappa shape index (κ1) is 17.4. The van der Waals surface area contributed by atoms with Crippen molar-refractivity contribution in [1.29, 1.82) is 0 Å². The lowest BCUT2D eigenvalue weighted by Gasteiger charge is -2.26. The molecular formula is C20H22N2O2S. The lowest BCUT2D eigenvalue weighted by atomic mass is 9.95. The molecule has 0 heterocycles. The Morgan fingerprint density at radius 1 is 0.720 bits per heavy atom. The van der Waals surface area contributed by atoms with Gasteiger partial charge in [0.15, 0.2) is 0 Å². The third kappa shape index (κ3) is 4.14. The van der Waals surface area contributed by atoms with Gasteiger partial charge in [0, 0.05) is 1.43 Å². The molecule has 0 aromatic heterocycles. The first-order valence-corrected chi connectivity index (χ1v) is 9.49. The van der Waals surface area contributed by atoms with Crippen LogP contribution in [0.2, 0.25) is 0 Å². The van der Waals surface area contributed by atoms with Crippen molar-refractivity contribution in [2.75, 3.05) is 0 Å². The van der Waals surface area contributed by atoms with Gasteiger partial charge in [-0.1, -0.05) is 78.9 Å². The molecule has 0 spiro atoms. The van der Waals surface area contributed by atoms with Gasteiger partial charge in [-0.2, -0.15) is 0 Å². The molecule has 0 saturated heterocycles. The minimum absolute atomic E-state index is 0. The second-order valence-electron chi connectivity index (χ2n) is 5.76. The monoisotopic (exact) mass is 354 g/mol. The molecule has 0 aliphatic carbocycles. The number of hydrogen-bond donors (Lipinski definition) is 2. The number of benzene rings is 3. The van der Waals surface area contributed by atoms with Gasteiger partial charge in [0.05, 0.1) is 17.0 Å².